The number of H-pyrrole nitrogens is 1. The number of piperidine rings is 1. The molecule has 7 heteroatoms. The van der Waals surface area contributed by atoms with Crippen molar-refractivity contribution in [3.05, 3.63) is 75.7 Å². The molecule has 0 bridgehead atoms. The number of nitrogens with zero attached hydrogens (tertiary/aromatic N) is 2. The van der Waals surface area contributed by atoms with Gasteiger partial charge in [-0.15, -0.1) is 0 Å². The second-order valence-electron chi connectivity index (χ2n) is 6.80. The van der Waals surface area contributed by atoms with Crippen molar-refractivity contribution < 1.29 is 14.1 Å². The first kappa shape index (κ1) is 17.2. The number of nitro groups is 1. The molecule has 2 aromatic carbocycles. The van der Waals surface area contributed by atoms with Crippen LogP contribution in [0.3, 0.4) is 0 Å². The Labute approximate surface area is 154 Å². The normalized spacial score (nSPS) is 15.2. The van der Waals surface area contributed by atoms with Crippen LogP contribution in [0.2, 0.25) is 0 Å². The largest absolute Gasteiger partial charge is 0.358 e. The number of fused-ring (bicyclic) bond motifs is 1. The van der Waals surface area contributed by atoms with Crippen molar-refractivity contribution >= 4 is 22.5 Å². The standard InChI is InChI=1S/C20H18FN3O3/c21-17-12-15(24(26)27)5-6-16(17)20(25)23-9-7-13(8-10-23)19-11-14-3-1-2-4-18(14)22-19/h1-6,11-13,22H,7-10H2. The predicted molar refractivity (Wildman–Crippen MR) is 99.2 cm³/mol. The Morgan fingerprint density at radius 2 is 1.89 bits per heavy atom. The zero-order chi connectivity index (χ0) is 19.0. The van der Waals surface area contributed by atoms with Gasteiger partial charge in [-0.2, -0.15) is 0 Å². The van der Waals surface area contributed by atoms with Crippen LogP contribution < -0.4 is 0 Å². The molecule has 1 amide bonds. The molecule has 6 nitrogen and oxygen atoms in total. The summed E-state index contributed by atoms with van der Waals surface area (Å²) in [6.07, 6.45) is 1.57. The van der Waals surface area contributed by atoms with Crippen molar-refractivity contribution in [2.75, 3.05) is 13.1 Å². The SMILES string of the molecule is O=C(c1ccc([N+](=O)[O-])cc1F)N1CCC(c2cc3ccccc3[nH]2)CC1. The number of carbonyl (C=O) groups is 1. The van der Waals surface area contributed by atoms with Gasteiger partial charge >= 0.3 is 0 Å². The van der Waals surface area contributed by atoms with Crippen LogP contribution in [0.4, 0.5) is 10.1 Å². The fourth-order valence-corrected chi connectivity index (χ4v) is 3.67. The Morgan fingerprint density at radius 1 is 1.15 bits per heavy atom. The van der Waals surface area contributed by atoms with Crippen LogP contribution in [-0.4, -0.2) is 33.8 Å². The van der Waals surface area contributed by atoms with Gasteiger partial charge in [0.1, 0.15) is 5.82 Å². The zero-order valence-electron chi connectivity index (χ0n) is 14.5. The van der Waals surface area contributed by atoms with Gasteiger partial charge in [0.05, 0.1) is 16.6 Å². The van der Waals surface area contributed by atoms with E-state index < -0.39 is 16.6 Å². The highest BCUT2D eigenvalue weighted by molar-refractivity contribution is 5.94. The van der Waals surface area contributed by atoms with Crippen LogP contribution in [-0.2, 0) is 0 Å². The van der Waals surface area contributed by atoms with Crippen molar-refractivity contribution in [1.29, 1.82) is 0 Å². The highest BCUT2D eigenvalue weighted by Gasteiger charge is 2.27. The average Bonchev–Trinajstić information content (AvgIpc) is 3.11. The van der Waals surface area contributed by atoms with Crippen molar-refractivity contribution in [2.45, 2.75) is 18.8 Å². The lowest BCUT2D eigenvalue weighted by Gasteiger charge is -2.31. The van der Waals surface area contributed by atoms with Gasteiger partial charge in [0.25, 0.3) is 11.6 Å². The third kappa shape index (κ3) is 3.28. The third-order valence-electron chi connectivity index (χ3n) is 5.17. The number of para-hydroxylation sites is 1. The van der Waals surface area contributed by atoms with Crippen molar-refractivity contribution in [3.8, 4) is 0 Å². The highest BCUT2D eigenvalue weighted by atomic mass is 19.1. The van der Waals surface area contributed by atoms with Gasteiger partial charge in [0.15, 0.2) is 0 Å². The molecule has 1 N–H and O–H groups in total. The predicted octanol–water partition coefficient (Wildman–Crippen LogP) is 4.24. The minimum absolute atomic E-state index is 0.121. The minimum atomic E-state index is -0.855. The Bertz CT molecular complexity index is 989. The maximum Gasteiger partial charge on any atom is 0.272 e. The summed E-state index contributed by atoms with van der Waals surface area (Å²) < 4.78 is 14.1. The van der Waals surface area contributed by atoms with Crippen LogP contribution >= 0.6 is 0 Å². The number of nitrogens with one attached hydrogen (secondary N) is 1. The fourth-order valence-electron chi connectivity index (χ4n) is 3.67. The van der Waals surface area contributed by atoms with Gasteiger partial charge in [-0.3, -0.25) is 14.9 Å². The van der Waals surface area contributed by atoms with Crippen molar-refractivity contribution in [3.63, 3.8) is 0 Å². The Morgan fingerprint density at radius 3 is 2.56 bits per heavy atom. The number of hydrogen-bond acceptors (Lipinski definition) is 3. The van der Waals surface area contributed by atoms with Gasteiger partial charge in [-0.25, -0.2) is 4.39 Å². The zero-order valence-corrected chi connectivity index (χ0v) is 14.5. The number of carbonyl (C=O) groups excluding carboxylic acids is 1. The number of halogens is 1. The molecule has 1 saturated heterocycles. The fraction of sp³-hybridized carbons (Fsp3) is 0.250. The van der Waals surface area contributed by atoms with E-state index in [1.165, 1.54) is 11.5 Å². The summed E-state index contributed by atoms with van der Waals surface area (Å²) in [6.45, 7) is 1.05. The smallest absolute Gasteiger partial charge is 0.272 e. The topological polar surface area (TPSA) is 79.2 Å². The number of likely N-dealkylation sites (tertiary alicyclic amines) is 1. The molecule has 1 fully saturated rings. The molecule has 1 aromatic heterocycles. The summed E-state index contributed by atoms with van der Waals surface area (Å²) in [6, 6.07) is 13.4. The van der Waals surface area contributed by atoms with E-state index >= 15 is 0 Å². The minimum Gasteiger partial charge on any atom is -0.358 e. The molecule has 0 unspecified atom stereocenters. The van der Waals surface area contributed by atoms with E-state index in [4.69, 9.17) is 0 Å². The first-order chi connectivity index (χ1) is 13.0. The number of nitro benzene ring substituents is 1. The van der Waals surface area contributed by atoms with Crippen LogP contribution in [0.1, 0.15) is 34.8 Å². The number of aromatic amines is 1. The van der Waals surface area contributed by atoms with E-state index in [9.17, 15) is 19.3 Å². The van der Waals surface area contributed by atoms with Crippen molar-refractivity contribution in [2.24, 2.45) is 0 Å². The summed E-state index contributed by atoms with van der Waals surface area (Å²) in [5, 5.41) is 11.9. The molecule has 2 heterocycles. The van der Waals surface area contributed by atoms with E-state index in [2.05, 4.69) is 17.1 Å². The molecule has 27 heavy (non-hydrogen) atoms. The summed E-state index contributed by atoms with van der Waals surface area (Å²) in [7, 11) is 0. The third-order valence-corrected chi connectivity index (χ3v) is 5.17. The summed E-state index contributed by atoms with van der Waals surface area (Å²) in [5.41, 5.74) is 1.77. The van der Waals surface area contributed by atoms with E-state index in [0.29, 0.717) is 19.0 Å². The van der Waals surface area contributed by atoms with Crippen LogP contribution in [0.5, 0.6) is 0 Å². The number of hydrogen-bond donors (Lipinski definition) is 1. The van der Waals surface area contributed by atoms with Gasteiger partial charge in [0.2, 0.25) is 0 Å². The van der Waals surface area contributed by atoms with Crippen molar-refractivity contribution in [1.82, 2.24) is 9.88 Å². The Balaban J connectivity index is 1.45. The molecule has 138 valence electrons. The lowest BCUT2D eigenvalue weighted by Crippen LogP contribution is -2.38. The molecule has 3 aromatic rings. The molecule has 0 atom stereocenters. The van der Waals surface area contributed by atoms with Gasteiger partial charge in [-0.05, 0) is 36.4 Å². The van der Waals surface area contributed by atoms with Crippen LogP contribution in [0, 0.1) is 15.9 Å². The van der Waals surface area contributed by atoms with E-state index in [0.717, 1.165) is 36.2 Å². The number of aromatic nitrogens is 1. The lowest BCUT2D eigenvalue weighted by molar-refractivity contribution is -0.385. The number of amides is 1. The highest BCUT2D eigenvalue weighted by Crippen LogP contribution is 2.30. The Hall–Kier alpha value is -3.22. The van der Waals surface area contributed by atoms with Gasteiger partial charge in [0, 0.05) is 36.3 Å². The second kappa shape index (κ2) is 6.83. The molecule has 0 spiro atoms. The first-order valence-electron chi connectivity index (χ1n) is 8.84. The summed E-state index contributed by atoms with van der Waals surface area (Å²) in [5.74, 6) is -0.951. The van der Waals surface area contributed by atoms with E-state index in [1.54, 1.807) is 4.90 Å². The van der Waals surface area contributed by atoms with Gasteiger partial charge < -0.3 is 9.88 Å². The lowest BCUT2D eigenvalue weighted by atomic mass is 9.93. The quantitative estimate of drug-likeness (QED) is 0.556. The van der Waals surface area contributed by atoms with E-state index in [1.807, 2.05) is 18.2 Å². The number of non-ortho nitro benzene ring substituents is 1. The number of rotatable bonds is 3. The molecule has 0 radical (unpaired) electrons. The first-order valence-corrected chi connectivity index (χ1v) is 8.84. The monoisotopic (exact) mass is 367 g/mol. The summed E-state index contributed by atoms with van der Waals surface area (Å²) >= 11 is 0. The molecule has 4 rings (SSSR count). The average molecular weight is 367 g/mol. The molecular weight excluding hydrogens is 349 g/mol. The Kier molecular flexibility index (Phi) is 4.35. The second-order valence-corrected chi connectivity index (χ2v) is 6.80. The molecule has 1 aliphatic heterocycles. The number of benzene rings is 2. The molecule has 1 aliphatic rings. The molecular formula is C20H18FN3O3. The summed E-state index contributed by atoms with van der Waals surface area (Å²) in [4.78, 5) is 27.7. The molecule has 0 aliphatic carbocycles. The molecule has 0 saturated carbocycles. The van der Waals surface area contributed by atoms with E-state index in [-0.39, 0.29) is 11.3 Å². The van der Waals surface area contributed by atoms with Crippen LogP contribution in [0.15, 0.2) is 48.5 Å². The van der Waals surface area contributed by atoms with Crippen LogP contribution in [0.25, 0.3) is 10.9 Å². The van der Waals surface area contributed by atoms with Gasteiger partial charge in [-0.1, -0.05) is 18.2 Å². The maximum atomic E-state index is 14.1. The maximum absolute atomic E-state index is 14.1.